The van der Waals surface area contributed by atoms with Crippen molar-refractivity contribution in [1.82, 2.24) is 0 Å². The number of carbonyl (C=O) groups is 2. The van der Waals surface area contributed by atoms with Crippen molar-refractivity contribution in [2.75, 3.05) is 0 Å². The monoisotopic (exact) mass is 458 g/mol. The summed E-state index contributed by atoms with van der Waals surface area (Å²) in [6, 6.07) is 6.84. The molecule has 0 aliphatic carbocycles. The summed E-state index contributed by atoms with van der Waals surface area (Å²) in [4.78, 5) is 23.9. The van der Waals surface area contributed by atoms with Crippen molar-refractivity contribution in [3.8, 4) is 0 Å². The first kappa shape index (κ1) is 29.4. The van der Waals surface area contributed by atoms with Crippen LogP contribution in [0.4, 0.5) is 0 Å². The number of hydrogen-bond donors (Lipinski definition) is 0. The molecule has 1 aromatic carbocycles. The van der Waals surface area contributed by atoms with E-state index < -0.39 is 0 Å². The van der Waals surface area contributed by atoms with E-state index in [0.29, 0.717) is 25.2 Å². The van der Waals surface area contributed by atoms with E-state index in [1.54, 1.807) is 0 Å². The van der Waals surface area contributed by atoms with Crippen LogP contribution in [0.2, 0.25) is 0 Å². The largest absolute Gasteiger partial charge is 0.461 e. The summed E-state index contributed by atoms with van der Waals surface area (Å²) in [5, 5.41) is 0. The molecule has 0 fully saturated rings. The zero-order valence-corrected chi connectivity index (χ0v) is 22.1. The molecular formula is C30H50O3. The summed E-state index contributed by atoms with van der Waals surface area (Å²) >= 11 is 0. The number of benzene rings is 1. The maximum Gasteiger partial charge on any atom is 0.306 e. The summed E-state index contributed by atoms with van der Waals surface area (Å²) in [6.07, 6.45) is 17.3. The van der Waals surface area contributed by atoms with E-state index >= 15 is 0 Å². The highest BCUT2D eigenvalue weighted by atomic mass is 16.5. The minimum Gasteiger partial charge on any atom is -0.461 e. The molecule has 0 saturated heterocycles. The number of unbranched alkanes of at least 4 members (excludes halogenated alkanes) is 9. The van der Waals surface area contributed by atoms with E-state index in [0.717, 1.165) is 44.1 Å². The number of ether oxygens (including phenoxy) is 1. The van der Waals surface area contributed by atoms with Crippen molar-refractivity contribution in [3.63, 3.8) is 0 Å². The maximum absolute atomic E-state index is 12.2. The molecular weight excluding hydrogens is 408 g/mol. The zero-order chi connectivity index (χ0) is 24.3. The Labute approximate surface area is 204 Å². The molecule has 0 bridgehead atoms. The fourth-order valence-electron chi connectivity index (χ4n) is 4.17. The molecule has 188 valence electrons. The number of hydrogen-bond acceptors (Lipinski definition) is 3. The average Bonchev–Trinajstić information content (AvgIpc) is 2.80. The van der Waals surface area contributed by atoms with Crippen molar-refractivity contribution in [1.29, 1.82) is 0 Å². The summed E-state index contributed by atoms with van der Waals surface area (Å²) in [6.45, 7) is 8.78. The molecule has 0 atom stereocenters. The molecule has 1 aromatic rings. The number of ketones is 1. The van der Waals surface area contributed by atoms with Gasteiger partial charge in [0, 0.05) is 18.8 Å². The van der Waals surface area contributed by atoms with Crippen molar-refractivity contribution >= 4 is 11.8 Å². The van der Waals surface area contributed by atoms with Gasteiger partial charge >= 0.3 is 5.97 Å². The van der Waals surface area contributed by atoms with Crippen LogP contribution in [0.5, 0.6) is 0 Å². The lowest BCUT2D eigenvalue weighted by atomic mass is 9.98. The Morgan fingerprint density at radius 2 is 1.15 bits per heavy atom. The predicted octanol–water partition coefficient (Wildman–Crippen LogP) is 8.54. The fourth-order valence-corrected chi connectivity index (χ4v) is 4.17. The van der Waals surface area contributed by atoms with E-state index in [4.69, 9.17) is 4.74 Å². The number of carbonyl (C=O) groups excluding carboxylic acids is 2. The van der Waals surface area contributed by atoms with E-state index in [1.165, 1.54) is 62.5 Å². The third-order valence-electron chi connectivity index (χ3n) is 6.35. The van der Waals surface area contributed by atoms with Gasteiger partial charge in [0.25, 0.3) is 0 Å². The molecule has 0 N–H and O–H groups in total. The van der Waals surface area contributed by atoms with Crippen molar-refractivity contribution in [2.45, 2.75) is 137 Å². The molecule has 0 aliphatic heterocycles. The van der Waals surface area contributed by atoms with Gasteiger partial charge in [0.15, 0.2) is 0 Å². The molecule has 0 unspecified atom stereocenters. The first-order valence-electron chi connectivity index (χ1n) is 13.8. The van der Waals surface area contributed by atoms with Crippen LogP contribution in [-0.2, 0) is 33.8 Å². The zero-order valence-electron chi connectivity index (χ0n) is 22.1. The Balaban J connectivity index is 2.44. The second-order valence-corrected chi connectivity index (χ2v) is 9.97. The first-order valence-corrected chi connectivity index (χ1v) is 13.8. The highest BCUT2D eigenvalue weighted by Crippen LogP contribution is 2.18. The van der Waals surface area contributed by atoms with Crippen LogP contribution < -0.4 is 0 Å². The Bertz CT molecular complexity index is 632. The second kappa shape index (κ2) is 18.7. The van der Waals surface area contributed by atoms with E-state index in [9.17, 15) is 9.59 Å². The van der Waals surface area contributed by atoms with Gasteiger partial charge < -0.3 is 4.74 Å². The summed E-state index contributed by atoms with van der Waals surface area (Å²) < 4.78 is 5.61. The van der Waals surface area contributed by atoms with Gasteiger partial charge in [0.1, 0.15) is 12.4 Å². The third kappa shape index (κ3) is 15.0. The van der Waals surface area contributed by atoms with Crippen LogP contribution in [0.3, 0.4) is 0 Å². The molecule has 0 spiro atoms. The van der Waals surface area contributed by atoms with Crippen molar-refractivity contribution in [3.05, 3.63) is 34.9 Å². The third-order valence-corrected chi connectivity index (χ3v) is 6.35. The topological polar surface area (TPSA) is 43.4 Å². The maximum atomic E-state index is 12.2. The molecule has 33 heavy (non-hydrogen) atoms. The van der Waals surface area contributed by atoms with Crippen molar-refractivity contribution in [2.24, 2.45) is 5.92 Å². The van der Waals surface area contributed by atoms with Gasteiger partial charge in [-0.15, -0.1) is 0 Å². The van der Waals surface area contributed by atoms with Gasteiger partial charge in [-0.05, 0) is 55.2 Å². The molecule has 1 rings (SSSR count). The van der Waals surface area contributed by atoms with Gasteiger partial charge in [0.2, 0.25) is 0 Å². The number of Topliss-reactive ketones (excluding diaryl/α,β-unsaturated/α-hetero) is 1. The molecule has 0 saturated carbocycles. The Morgan fingerprint density at radius 1 is 0.667 bits per heavy atom. The molecule has 0 amide bonds. The molecule has 3 heteroatoms. The van der Waals surface area contributed by atoms with E-state index in [2.05, 4.69) is 32.0 Å². The van der Waals surface area contributed by atoms with E-state index in [-0.39, 0.29) is 11.9 Å². The smallest absolute Gasteiger partial charge is 0.306 e. The van der Waals surface area contributed by atoms with Crippen LogP contribution in [-0.4, -0.2) is 11.8 Å². The highest BCUT2D eigenvalue weighted by Gasteiger charge is 2.08. The standard InChI is InChI=1S/C30H50O3/c1-5-7-9-13-17-26-21-27(18-14-10-8-6-2)23-28(22-26)24-33-30(32)20-16-12-11-15-19-29(31)25(3)4/h21-23,25H,5-20,24H2,1-4H3. The van der Waals surface area contributed by atoms with Gasteiger partial charge in [-0.2, -0.15) is 0 Å². The van der Waals surface area contributed by atoms with Crippen LogP contribution in [0, 0.1) is 5.92 Å². The van der Waals surface area contributed by atoms with Crippen molar-refractivity contribution < 1.29 is 14.3 Å². The SMILES string of the molecule is CCCCCCc1cc(CCCCCC)cc(COC(=O)CCCCCCC(=O)C(C)C)c1. The molecule has 0 heterocycles. The quantitative estimate of drug-likeness (QED) is 0.145. The van der Waals surface area contributed by atoms with Crippen LogP contribution in [0.1, 0.15) is 134 Å². The molecule has 0 aliphatic rings. The number of esters is 1. The van der Waals surface area contributed by atoms with Crippen LogP contribution in [0.25, 0.3) is 0 Å². The van der Waals surface area contributed by atoms with Crippen LogP contribution >= 0.6 is 0 Å². The second-order valence-electron chi connectivity index (χ2n) is 9.97. The summed E-state index contributed by atoms with van der Waals surface area (Å²) in [5.74, 6) is 0.365. The normalized spacial score (nSPS) is 11.2. The molecule has 0 aromatic heterocycles. The summed E-state index contributed by atoms with van der Waals surface area (Å²) in [5.41, 5.74) is 3.91. The lowest BCUT2D eigenvalue weighted by Crippen LogP contribution is -2.06. The fraction of sp³-hybridized carbons (Fsp3) is 0.733. The van der Waals surface area contributed by atoms with Gasteiger partial charge in [0.05, 0.1) is 0 Å². The van der Waals surface area contributed by atoms with E-state index in [1.807, 2.05) is 13.8 Å². The summed E-state index contributed by atoms with van der Waals surface area (Å²) in [7, 11) is 0. The minimum absolute atomic E-state index is 0.105. The lowest BCUT2D eigenvalue weighted by Gasteiger charge is -2.11. The average molecular weight is 459 g/mol. The van der Waals surface area contributed by atoms with Gasteiger partial charge in [-0.25, -0.2) is 0 Å². The van der Waals surface area contributed by atoms with Crippen LogP contribution in [0.15, 0.2) is 18.2 Å². The van der Waals surface area contributed by atoms with Gasteiger partial charge in [-0.1, -0.05) is 97.3 Å². The Kier molecular flexibility index (Phi) is 16.7. The Hall–Kier alpha value is -1.64. The predicted molar refractivity (Wildman–Crippen MR) is 139 cm³/mol. The number of rotatable bonds is 20. The molecule has 0 radical (unpaired) electrons. The minimum atomic E-state index is -0.105. The first-order chi connectivity index (χ1) is 16.0. The highest BCUT2D eigenvalue weighted by molar-refractivity contribution is 5.80. The lowest BCUT2D eigenvalue weighted by molar-refractivity contribution is -0.145. The Morgan fingerprint density at radius 3 is 1.67 bits per heavy atom. The molecule has 3 nitrogen and oxygen atoms in total. The number of aryl methyl sites for hydroxylation is 2. The van der Waals surface area contributed by atoms with Gasteiger partial charge in [-0.3, -0.25) is 9.59 Å².